The Balaban J connectivity index is 1.77. The number of benzene rings is 1. The van der Waals surface area contributed by atoms with Crippen molar-refractivity contribution < 1.29 is 19.1 Å². The number of aliphatic hydroxyl groups excluding tert-OH is 1. The zero-order valence-electron chi connectivity index (χ0n) is 11.7. The van der Waals surface area contributed by atoms with Crippen LogP contribution in [0.4, 0.5) is 5.69 Å². The SMILES string of the molecule is COc1ccccc1NCC(=O)NCC(O)c1ccco1. The molecule has 2 rings (SSSR count). The van der Waals surface area contributed by atoms with Crippen LogP contribution < -0.4 is 15.4 Å². The first kappa shape index (κ1) is 14.9. The third-order valence-corrected chi connectivity index (χ3v) is 2.91. The summed E-state index contributed by atoms with van der Waals surface area (Å²) in [6, 6.07) is 10.7. The van der Waals surface area contributed by atoms with Crippen LogP contribution in [0.2, 0.25) is 0 Å². The Labute approximate surface area is 122 Å². The first-order valence-corrected chi connectivity index (χ1v) is 6.55. The fourth-order valence-electron chi connectivity index (χ4n) is 1.82. The highest BCUT2D eigenvalue weighted by Gasteiger charge is 2.12. The number of aliphatic hydroxyl groups is 1. The third kappa shape index (κ3) is 4.25. The minimum Gasteiger partial charge on any atom is -0.495 e. The van der Waals surface area contributed by atoms with E-state index < -0.39 is 6.10 Å². The van der Waals surface area contributed by atoms with Crippen LogP contribution in [-0.4, -0.2) is 31.2 Å². The van der Waals surface area contributed by atoms with E-state index in [0.29, 0.717) is 11.5 Å². The second kappa shape index (κ2) is 7.35. The maximum Gasteiger partial charge on any atom is 0.239 e. The maximum atomic E-state index is 11.7. The van der Waals surface area contributed by atoms with Crippen LogP contribution in [0.25, 0.3) is 0 Å². The molecule has 0 aliphatic rings. The summed E-state index contributed by atoms with van der Waals surface area (Å²) in [5.41, 5.74) is 0.738. The van der Waals surface area contributed by atoms with E-state index in [4.69, 9.17) is 9.15 Å². The number of rotatable bonds is 7. The molecule has 2 aromatic rings. The second-order valence-electron chi connectivity index (χ2n) is 4.39. The van der Waals surface area contributed by atoms with Crippen molar-refractivity contribution in [3.63, 3.8) is 0 Å². The lowest BCUT2D eigenvalue weighted by Crippen LogP contribution is -2.33. The molecule has 21 heavy (non-hydrogen) atoms. The van der Waals surface area contributed by atoms with Crippen molar-refractivity contribution in [1.82, 2.24) is 5.32 Å². The van der Waals surface area contributed by atoms with E-state index in [1.807, 2.05) is 18.2 Å². The highest BCUT2D eigenvalue weighted by Crippen LogP contribution is 2.22. The monoisotopic (exact) mass is 290 g/mol. The summed E-state index contributed by atoms with van der Waals surface area (Å²) in [7, 11) is 1.57. The molecular formula is C15H18N2O4. The number of anilines is 1. The van der Waals surface area contributed by atoms with Crippen LogP contribution in [0.15, 0.2) is 47.1 Å². The molecule has 0 radical (unpaired) electrons. The maximum absolute atomic E-state index is 11.7. The normalized spacial score (nSPS) is 11.7. The molecule has 0 saturated heterocycles. The lowest BCUT2D eigenvalue weighted by atomic mass is 10.2. The van der Waals surface area contributed by atoms with Crippen molar-refractivity contribution in [3.05, 3.63) is 48.4 Å². The summed E-state index contributed by atoms with van der Waals surface area (Å²) in [6.45, 7) is 0.186. The fourth-order valence-corrected chi connectivity index (χ4v) is 1.82. The Morgan fingerprint density at radius 1 is 1.33 bits per heavy atom. The average molecular weight is 290 g/mol. The molecule has 0 aliphatic carbocycles. The van der Waals surface area contributed by atoms with E-state index in [1.165, 1.54) is 6.26 Å². The molecule has 1 atom stereocenters. The van der Waals surface area contributed by atoms with Crippen LogP contribution in [0, 0.1) is 0 Å². The summed E-state index contributed by atoms with van der Waals surface area (Å²) in [5.74, 6) is 0.862. The number of furan rings is 1. The molecule has 0 aliphatic heterocycles. The molecule has 0 bridgehead atoms. The zero-order chi connectivity index (χ0) is 15.1. The molecular weight excluding hydrogens is 272 g/mol. The van der Waals surface area contributed by atoms with Gasteiger partial charge in [0.05, 0.1) is 32.1 Å². The fraction of sp³-hybridized carbons (Fsp3) is 0.267. The number of methoxy groups -OCH3 is 1. The number of carbonyl (C=O) groups excluding carboxylic acids is 1. The van der Waals surface area contributed by atoms with Crippen molar-refractivity contribution in [2.45, 2.75) is 6.10 Å². The largest absolute Gasteiger partial charge is 0.495 e. The average Bonchev–Trinajstić information content (AvgIpc) is 3.05. The Morgan fingerprint density at radius 3 is 2.86 bits per heavy atom. The molecule has 3 N–H and O–H groups in total. The van der Waals surface area contributed by atoms with Gasteiger partial charge >= 0.3 is 0 Å². The molecule has 112 valence electrons. The van der Waals surface area contributed by atoms with E-state index >= 15 is 0 Å². The molecule has 1 amide bonds. The third-order valence-electron chi connectivity index (χ3n) is 2.91. The standard InChI is InChI=1S/C15H18N2O4/c1-20-13-6-3-2-5-11(13)16-10-15(19)17-9-12(18)14-7-4-8-21-14/h2-8,12,16,18H,9-10H2,1H3,(H,17,19). The van der Waals surface area contributed by atoms with Crippen LogP contribution in [0.1, 0.15) is 11.9 Å². The van der Waals surface area contributed by atoms with Gasteiger partial charge in [0, 0.05) is 0 Å². The minimum absolute atomic E-state index is 0.0885. The summed E-state index contributed by atoms with van der Waals surface area (Å²) >= 11 is 0. The molecule has 0 saturated carbocycles. The predicted molar refractivity (Wildman–Crippen MR) is 78.2 cm³/mol. The van der Waals surface area contributed by atoms with Gasteiger partial charge in [0.15, 0.2) is 0 Å². The Hall–Kier alpha value is -2.47. The number of para-hydroxylation sites is 2. The predicted octanol–water partition coefficient (Wildman–Crippen LogP) is 1.55. The van der Waals surface area contributed by atoms with Gasteiger partial charge in [0.2, 0.25) is 5.91 Å². The van der Waals surface area contributed by atoms with Gasteiger partial charge in [-0.25, -0.2) is 0 Å². The van der Waals surface area contributed by atoms with Crippen LogP contribution in [0.5, 0.6) is 5.75 Å². The number of hydrogen-bond acceptors (Lipinski definition) is 5. The van der Waals surface area contributed by atoms with Crippen LogP contribution in [-0.2, 0) is 4.79 Å². The zero-order valence-corrected chi connectivity index (χ0v) is 11.7. The highest BCUT2D eigenvalue weighted by molar-refractivity contribution is 5.81. The molecule has 1 aromatic carbocycles. The van der Waals surface area contributed by atoms with Crippen molar-refractivity contribution in [1.29, 1.82) is 0 Å². The smallest absolute Gasteiger partial charge is 0.239 e. The Kier molecular flexibility index (Phi) is 5.22. The van der Waals surface area contributed by atoms with Gasteiger partial charge in [-0.1, -0.05) is 12.1 Å². The number of hydrogen-bond donors (Lipinski definition) is 3. The Bertz CT molecular complexity index is 569. The number of carbonyl (C=O) groups is 1. The molecule has 6 nitrogen and oxygen atoms in total. The van der Waals surface area contributed by atoms with Gasteiger partial charge in [0.25, 0.3) is 0 Å². The Morgan fingerprint density at radius 2 is 2.14 bits per heavy atom. The van der Waals surface area contributed by atoms with Gasteiger partial charge in [-0.2, -0.15) is 0 Å². The molecule has 1 aromatic heterocycles. The molecule has 0 fully saturated rings. The van der Waals surface area contributed by atoms with Gasteiger partial charge < -0.3 is 24.9 Å². The lowest BCUT2D eigenvalue weighted by Gasteiger charge is -2.12. The number of nitrogens with one attached hydrogen (secondary N) is 2. The highest BCUT2D eigenvalue weighted by atomic mass is 16.5. The van der Waals surface area contributed by atoms with Crippen LogP contribution >= 0.6 is 0 Å². The molecule has 1 unspecified atom stereocenters. The first-order chi connectivity index (χ1) is 10.2. The summed E-state index contributed by atoms with van der Waals surface area (Å²) < 4.78 is 10.2. The van der Waals surface area contributed by atoms with Gasteiger partial charge in [-0.15, -0.1) is 0 Å². The summed E-state index contributed by atoms with van der Waals surface area (Å²) in [5, 5.41) is 15.4. The summed E-state index contributed by atoms with van der Waals surface area (Å²) in [4.78, 5) is 11.7. The second-order valence-corrected chi connectivity index (χ2v) is 4.39. The number of amides is 1. The number of ether oxygens (including phenoxy) is 1. The van der Waals surface area contributed by atoms with Gasteiger partial charge in [-0.3, -0.25) is 4.79 Å². The van der Waals surface area contributed by atoms with Crippen molar-refractivity contribution in [3.8, 4) is 5.75 Å². The molecule has 0 spiro atoms. The summed E-state index contributed by atoms with van der Waals surface area (Å²) in [6.07, 6.45) is 0.624. The van der Waals surface area contributed by atoms with E-state index in [-0.39, 0.29) is 19.0 Å². The van der Waals surface area contributed by atoms with Gasteiger partial charge in [-0.05, 0) is 24.3 Å². The van der Waals surface area contributed by atoms with E-state index in [2.05, 4.69) is 10.6 Å². The van der Waals surface area contributed by atoms with Gasteiger partial charge in [0.1, 0.15) is 17.6 Å². The van der Waals surface area contributed by atoms with Crippen molar-refractivity contribution in [2.24, 2.45) is 0 Å². The first-order valence-electron chi connectivity index (χ1n) is 6.55. The van der Waals surface area contributed by atoms with E-state index in [9.17, 15) is 9.90 Å². The van der Waals surface area contributed by atoms with Crippen molar-refractivity contribution >= 4 is 11.6 Å². The molecule has 1 heterocycles. The minimum atomic E-state index is -0.852. The van der Waals surface area contributed by atoms with Crippen molar-refractivity contribution in [2.75, 3.05) is 25.5 Å². The van der Waals surface area contributed by atoms with E-state index in [1.54, 1.807) is 25.3 Å². The quantitative estimate of drug-likeness (QED) is 0.720. The molecule has 6 heteroatoms. The van der Waals surface area contributed by atoms with E-state index in [0.717, 1.165) is 5.69 Å². The van der Waals surface area contributed by atoms with Crippen LogP contribution in [0.3, 0.4) is 0 Å². The topological polar surface area (TPSA) is 83.7 Å². The lowest BCUT2D eigenvalue weighted by molar-refractivity contribution is -0.119.